The summed E-state index contributed by atoms with van der Waals surface area (Å²) in [6.07, 6.45) is 3.77. The second kappa shape index (κ2) is 4.57. The van der Waals surface area contributed by atoms with Gasteiger partial charge in [0.2, 0.25) is 0 Å². The van der Waals surface area contributed by atoms with Crippen LogP contribution in [-0.4, -0.2) is 32.8 Å². The smallest absolute Gasteiger partial charge is 0.143 e. The Hall–Kier alpha value is -1.22. The van der Waals surface area contributed by atoms with Crippen LogP contribution in [0.2, 0.25) is 0 Å². The van der Waals surface area contributed by atoms with E-state index in [0.29, 0.717) is 6.10 Å². The lowest BCUT2D eigenvalue weighted by molar-refractivity contribution is 0.163. The zero-order valence-corrected chi connectivity index (χ0v) is 10.4. The molecule has 0 aromatic heterocycles. The predicted octanol–water partition coefficient (Wildman–Crippen LogP) is 1.81. The van der Waals surface area contributed by atoms with Gasteiger partial charge in [0.05, 0.1) is 5.69 Å². The van der Waals surface area contributed by atoms with Crippen molar-refractivity contribution in [3.63, 3.8) is 0 Å². The van der Waals surface area contributed by atoms with E-state index >= 15 is 0 Å². The minimum absolute atomic E-state index is 0.386. The van der Waals surface area contributed by atoms with Crippen LogP contribution in [0.15, 0.2) is 18.2 Å². The number of benzene rings is 1. The summed E-state index contributed by atoms with van der Waals surface area (Å²) in [7, 11) is 2.15. The fourth-order valence-corrected chi connectivity index (χ4v) is 2.79. The van der Waals surface area contributed by atoms with E-state index in [1.165, 1.54) is 11.3 Å². The molecule has 1 saturated heterocycles. The normalized spacial score (nSPS) is 20.4. The Morgan fingerprint density at radius 2 is 2.12 bits per heavy atom. The number of anilines is 1. The van der Waals surface area contributed by atoms with Gasteiger partial charge in [-0.25, -0.2) is 0 Å². The van der Waals surface area contributed by atoms with E-state index in [-0.39, 0.29) is 0 Å². The molecule has 0 saturated carbocycles. The average Bonchev–Trinajstić information content (AvgIpc) is 2.74. The summed E-state index contributed by atoms with van der Waals surface area (Å²) < 4.78 is 6.19. The van der Waals surface area contributed by atoms with Crippen molar-refractivity contribution < 1.29 is 4.74 Å². The molecule has 1 fully saturated rings. The van der Waals surface area contributed by atoms with Crippen molar-refractivity contribution in [1.82, 2.24) is 5.32 Å². The molecule has 3 heteroatoms. The van der Waals surface area contributed by atoms with Crippen molar-refractivity contribution in [3.05, 3.63) is 23.8 Å². The standard InChI is InChI=1S/C14H20N2O/c1-16-10-7-11-3-2-4-13(14(11)16)17-12-5-8-15-9-6-12/h2-4,12,15H,5-10H2,1H3. The van der Waals surface area contributed by atoms with Crippen LogP contribution in [0.1, 0.15) is 18.4 Å². The molecule has 1 aromatic rings. The Balaban J connectivity index is 1.81. The summed E-state index contributed by atoms with van der Waals surface area (Å²) in [4.78, 5) is 2.31. The number of hydrogen-bond donors (Lipinski definition) is 1. The second-order valence-electron chi connectivity index (χ2n) is 5.00. The van der Waals surface area contributed by atoms with E-state index in [1.54, 1.807) is 0 Å². The number of likely N-dealkylation sites (N-methyl/N-ethyl adjacent to an activating group) is 1. The zero-order valence-electron chi connectivity index (χ0n) is 10.4. The molecular weight excluding hydrogens is 212 g/mol. The number of nitrogens with zero attached hydrogens (tertiary/aromatic N) is 1. The van der Waals surface area contributed by atoms with Gasteiger partial charge in [-0.3, -0.25) is 0 Å². The summed E-state index contributed by atoms with van der Waals surface area (Å²) >= 11 is 0. The molecule has 0 radical (unpaired) electrons. The largest absolute Gasteiger partial charge is 0.488 e. The summed E-state index contributed by atoms with van der Waals surface area (Å²) in [5, 5.41) is 3.37. The maximum Gasteiger partial charge on any atom is 0.143 e. The first kappa shape index (κ1) is 10.9. The molecule has 1 N–H and O–H groups in total. The van der Waals surface area contributed by atoms with Crippen LogP contribution in [0.25, 0.3) is 0 Å². The lowest BCUT2D eigenvalue weighted by Crippen LogP contribution is -2.34. The minimum atomic E-state index is 0.386. The van der Waals surface area contributed by atoms with E-state index in [4.69, 9.17) is 4.74 Å². The first-order valence-corrected chi connectivity index (χ1v) is 6.55. The Kier molecular flexibility index (Phi) is 2.93. The molecule has 1 aromatic carbocycles. The quantitative estimate of drug-likeness (QED) is 0.841. The van der Waals surface area contributed by atoms with Gasteiger partial charge in [-0.2, -0.15) is 0 Å². The van der Waals surface area contributed by atoms with Gasteiger partial charge in [0.25, 0.3) is 0 Å². The molecule has 2 aliphatic rings. The number of rotatable bonds is 2. The van der Waals surface area contributed by atoms with Gasteiger partial charge in [-0.05, 0) is 44.0 Å². The first-order chi connectivity index (χ1) is 8.34. The third-order valence-electron chi connectivity index (χ3n) is 3.76. The fourth-order valence-electron chi connectivity index (χ4n) is 2.79. The van der Waals surface area contributed by atoms with Gasteiger partial charge >= 0.3 is 0 Å². The summed E-state index contributed by atoms with van der Waals surface area (Å²) in [6.45, 7) is 3.27. The van der Waals surface area contributed by atoms with E-state index < -0.39 is 0 Å². The van der Waals surface area contributed by atoms with Gasteiger partial charge < -0.3 is 15.0 Å². The summed E-state index contributed by atoms with van der Waals surface area (Å²) in [6, 6.07) is 6.45. The number of para-hydroxylation sites is 1. The Morgan fingerprint density at radius 3 is 2.94 bits per heavy atom. The van der Waals surface area contributed by atoms with Crippen molar-refractivity contribution in [2.75, 3.05) is 31.6 Å². The molecule has 0 atom stereocenters. The number of hydrogen-bond acceptors (Lipinski definition) is 3. The maximum absolute atomic E-state index is 6.19. The van der Waals surface area contributed by atoms with Crippen molar-refractivity contribution in [3.8, 4) is 5.75 Å². The summed E-state index contributed by atoms with van der Waals surface area (Å²) in [5.41, 5.74) is 2.74. The van der Waals surface area contributed by atoms with Crippen LogP contribution in [0, 0.1) is 0 Å². The predicted molar refractivity (Wildman–Crippen MR) is 69.9 cm³/mol. The Morgan fingerprint density at radius 1 is 1.29 bits per heavy atom. The highest BCUT2D eigenvalue weighted by Gasteiger charge is 2.22. The first-order valence-electron chi connectivity index (χ1n) is 6.55. The van der Waals surface area contributed by atoms with E-state index in [2.05, 4.69) is 35.5 Å². The molecule has 0 aliphatic carbocycles. The van der Waals surface area contributed by atoms with Gasteiger partial charge in [0.1, 0.15) is 11.9 Å². The highest BCUT2D eigenvalue weighted by atomic mass is 16.5. The third-order valence-corrected chi connectivity index (χ3v) is 3.76. The molecule has 3 rings (SSSR count). The van der Waals surface area contributed by atoms with Crippen LogP contribution in [0.5, 0.6) is 5.75 Å². The van der Waals surface area contributed by atoms with Crippen LogP contribution in [0.3, 0.4) is 0 Å². The lowest BCUT2D eigenvalue weighted by atomic mass is 10.1. The maximum atomic E-state index is 6.19. The molecule has 92 valence electrons. The van der Waals surface area contributed by atoms with Crippen molar-refractivity contribution in [1.29, 1.82) is 0 Å². The highest BCUT2D eigenvalue weighted by Crippen LogP contribution is 2.37. The third kappa shape index (κ3) is 2.12. The fraction of sp³-hybridized carbons (Fsp3) is 0.571. The van der Waals surface area contributed by atoms with Gasteiger partial charge in [0, 0.05) is 13.6 Å². The SMILES string of the molecule is CN1CCc2cccc(OC3CCNCC3)c21. The van der Waals surface area contributed by atoms with Gasteiger partial charge in [0.15, 0.2) is 0 Å². The molecule has 3 nitrogen and oxygen atoms in total. The van der Waals surface area contributed by atoms with E-state index in [0.717, 1.165) is 44.6 Å². The topological polar surface area (TPSA) is 24.5 Å². The number of fused-ring (bicyclic) bond motifs is 1. The molecular formula is C14H20N2O. The molecule has 0 spiro atoms. The number of ether oxygens (including phenoxy) is 1. The van der Waals surface area contributed by atoms with E-state index in [1.807, 2.05) is 0 Å². The number of nitrogens with one attached hydrogen (secondary N) is 1. The highest BCUT2D eigenvalue weighted by molar-refractivity contribution is 5.66. The van der Waals surface area contributed by atoms with Crippen LogP contribution >= 0.6 is 0 Å². The van der Waals surface area contributed by atoms with Gasteiger partial charge in [-0.1, -0.05) is 12.1 Å². The molecule has 0 bridgehead atoms. The molecule has 0 unspecified atom stereocenters. The summed E-state index contributed by atoms with van der Waals surface area (Å²) in [5.74, 6) is 1.08. The molecule has 0 amide bonds. The van der Waals surface area contributed by atoms with Gasteiger partial charge in [-0.15, -0.1) is 0 Å². The van der Waals surface area contributed by atoms with E-state index in [9.17, 15) is 0 Å². The Labute approximate surface area is 103 Å². The Bertz CT molecular complexity index is 399. The molecule has 2 aliphatic heterocycles. The van der Waals surface area contributed by atoms with Crippen molar-refractivity contribution >= 4 is 5.69 Å². The van der Waals surface area contributed by atoms with Crippen LogP contribution in [-0.2, 0) is 6.42 Å². The van der Waals surface area contributed by atoms with Crippen molar-refractivity contribution in [2.24, 2.45) is 0 Å². The van der Waals surface area contributed by atoms with Crippen LogP contribution in [0.4, 0.5) is 5.69 Å². The molecule has 2 heterocycles. The lowest BCUT2D eigenvalue weighted by Gasteiger charge is -2.26. The second-order valence-corrected chi connectivity index (χ2v) is 5.00. The number of piperidine rings is 1. The zero-order chi connectivity index (χ0) is 11.7. The monoisotopic (exact) mass is 232 g/mol. The minimum Gasteiger partial charge on any atom is -0.488 e. The molecule has 17 heavy (non-hydrogen) atoms. The van der Waals surface area contributed by atoms with Crippen molar-refractivity contribution in [2.45, 2.75) is 25.4 Å². The average molecular weight is 232 g/mol. The van der Waals surface area contributed by atoms with Crippen LogP contribution < -0.4 is 15.0 Å².